The van der Waals surface area contributed by atoms with Crippen LogP contribution in [0.5, 0.6) is 0 Å². The van der Waals surface area contributed by atoms with Gasteiger partial charge in [-0.15, -0.1) is 0 Å². The molecule has 0 aliphatic rings. The molecule has 1 N–H and O–H groups in total. The minimum atomic E-state index is -4.48. The molecule has 0 fully saturated rings. The fraction of sp³-hybridized carbons (Fsp3) is 0.900. The van der Waals surface area contributed by atoms with E-state index in [-0.39, 0.29) is 12.0 Å². The number of nitrogens with one attached hydrogen (secondary N) is 1. The Balaban J connectivity index is 3.91. The lowest BCUT2D eigenvalue weighted by atomic mass is 9.81. The van der Waals surface area contributed by atoms with E-state index >= 15 is 0 Å². The molecule has 0 bridgehead atoms. The van der Waals surface area contributed by atoms with Crippen LogP contribution in [0.25, 0.3) is 0 Å². The van der Waals surface area contributed by atoms with Crippen LogP contribution >= 0.6 is 0 Å². The Morgan fingerprint density at radius 1 is 1.31 bits per heavy atom. The van der Waals surface area contributed by atoms with Crippen molar-refractivity contribution in [3.05, 3.63) is 0 Å². The van der Waals surface area contributed by atoms with Crippen LogP contribution in [0.3, 0.4) is 0 Å². The van der Waals surface area contributed by atoms with E-state index in [0.29, 0.717) is 5.92 Å². The first-order valence-electron chi connectivity index (χ1n) is 5.02. The summed E-state index contributed by atoms with van der Waals surface area (Å²) in [4.78, 5) is 10.9. The SMILES string of the molecule is CC(C)C(C)(C)CNC(=O)OCC(F)(F)F. The van der Waals surface area contributed by atoms with Crippen LogP contribution in [0.15, 0.2) is 0 Å². The monoisotopic (exact) mass is 241 g/mol. The predicted molar refractivity (Wildman–Crippen MR) is 54.0 cm³/mol. The summed E-state index contributed by atoms with van der Waals surface area (Å²) in [5, 5.41) is 2.32. The molecule has 0 saturated heterocycles. The Hall–Kier alpha value is -0.940. The van der Waals surface area contributed by atoms with Crippen LogP contribution < -0.4 is 5.32 Å². The molecule has 0 aromatic heterocycles. The van der Waals surface area contributed by atoms with E-state index in [1.54, 1.807) is 0 Å². The van der Waals surface area contributed by atoms with Crippen molar-refractivity contribution in [2.45, 2.75) is 33.9 Å². The number of halogens is 3. The van der Waals surface area contributed by atoms with Gasteiger partial charge in [0.15, 0.2) is 6.61 Å². The molecule has 0 saturated carbocycles. The predicted octanol–water partition coefficient (Wildman–Crippen LogP) is 2.96. The number of hydrogen-bond acceptors (Lipinski definition) is 2. The molecule has 0 unspecified atom stereocenters. The lowest BCUT2D eigenvalue weighted by Gasteiger charge is -2.29. The van der Waals surface area contributed by atoms with Crippen LogP contribution in [-0.4, -0.2) is 25.4 Å². The summed E-state index contributed by atoms with van der Waals surface area (Å²) in [5.41, 5.74) is -0.183. The molecule has 0 aliphatic heterocycles. The molecule has 16 heavy (non-hydrogen) atoms. The fourth-order valence-corrected chi connectivity index (χ4v) is 0.703. The van der Waals surface area contributed by atoms with Gasteiger partial charge in [0.25, 0.3) is 0 Å². The Kier molecular flexibility index (Phi) is 5.09. The standard InChI is InChI=1S/C10H18F3NO2/c1-7(2)9(3,4)5-14-8(15)16-6-10(11,12)13/h7H,5-6H2,1-4H3,(H,14,15). The Labute approximate surface area is 93.3 Å². The number of alkyl halides is 3. The fourth-order valence-electron chi connectivity index (χ4n) is 0.703. The number of rotatable bonds is 4. The highest BCUT2D eigenvalue weighted by molar-refractivity contribution is 5.67. The maximum Gasteiger partial charge on any atom is 0.422 e. The van der Waals surface area contributed by atoms with Gasteiger partial charge in [0, 0.05) is 6.54 Å². The number of carbonyl (C=O) groups is 1. The van der Waals surface area contributed by atoms with E-state index in [9.17, 15) is 18.0 Å². The third-order valence-electron chi connectivity index (χ3n) is 2.62. The molecule has 0 heterocycles. The van der Waals surface area contributed by atoms with Crippen molar-refractivity contribution in [2.75, 3.05) is 13.2 Å². The topological polar surface area (TPSA) is 38.3 Å². The van der Waals surface area contributed by atoms with E-state index in [2.05, 4.69) is 10.1 Å². The molecule has 1 amide bonds. The maximum atomic E-state index is 11.7. The van der Waals surface area contributed by atoms with Crippen molar-refractivity contribution in [1.82, 2.24) is 5.32 Å². The van der Waals surface area contributed by atoms with Crippen molar-refractivity contribution in [2.24, 2.45) is 11.3 Å². The summed E-state index contributed by atoms with van der Waals surface area (Å²) < 4.78 is 39.1. The molecule has 0 aromatic rings. The van der Waals surface area contributed by atoms with Gasteiger partial charge in [-0.3, -0.25) is 0 Å². The maximum absolute atomic E-state index is 11.7. The zero-order valence-corrected chi connectivity index (χ0v) is 9.94. The average molecular weight is 241 g/mol. The summed E-state index contributed by atoms with van der Waals surface area (Å²) in [6.45, 7) is 6.51. The van der Waals surface area contributed by atoms with Crippen LogP contribution in [0.2, 0.25) is 0 Å². The molecular weight excluding hydrogens is 223 g/mol. The molecule has 0 aliphatic carbocycles. The van der Waals surface area contributed by atoms with Gasteiger partial charge in [-0.2, -0.15) is 13.2 Å². The van der Waals surface area contributed by atoms with Gasteiger partial charge in [-0.1, -0.05) is 27.7 Å². The van der Waals surface area contributed by atoms with Gasteiger partial charge in [0.2, 0.25) is 0 Å². The van der Waals surface area contributed by atoms with Crippen molar-refractivity contribution >= 4 is 6.09 Å². The van der Waals surface area contributed by atoms with E-state index in [4.69, 9.17) is 0 Å². The van der Waals surface area contributed by atoms with E-state index in [1.165, 1.54) is 0 Å². The molecular formula is C10H18F3NO2. The second kappa shape index (κ2) is 5.41. The second-order valence-electron chi connectivity index (χ2n) is 4.69. The number of ether oxygens (including phenoxy) is 1. The van der Waals surface area contributed by atoms with Crippen LogP contribution in [0, 0.1) is 11.3 Å². The van der Waals surface area contributed by atoms with Gasteiger partial charge in [0.1, 0.15) is 0 Å². The first-order chi connectivity index (χ1) is 7.04. The average Bonchev–Trinajstić information content (AvgIpc) is 2.10. The third-order valence-corrected chi connectivity index (χ3v) is 2.62. The summed E-state index contributed by atoms with van der Waals surface area (Å²) in [5.74, 6) is 0.301. The highest BCUT2D eigenvalue weighted by Crippen LogP contribution is 2.24. The smallest absolute Gasteiger partial charge is 0.422 e. The Morgan fingerprint density at radius 3 is 2.19 bits per heavy atom. The Bertz CT molecular complexity index is 237. The summed E-state index contributed by atoms with van der Waals surface area (Å²) in [7, 11) is 0. The minimum Gasteiger partial charge on any atom is -0.440 e. The minimum absolute atomic E-state index is 0.183. The molecule has 0 atom stereocenters. The van der Waals surface area contributed by atoms with Gasteiger partial charge >= 0.3 is 12.3 Å². The number of carbonyl (C=O) groups excluding carboxylic acids is 1. The molecule has 0 spiro atoms. The summed E-state index contributed by atoms with van der Waals surface area (Å²) >= 11 is 0. The summed E-state index contributed by atoms with van der Waals surface area (Å²) in [6.07, 6.45) is -5.52. The molecule has 0 aromatic carbocycles. The quantitative estimate of drug-likeness (QED) is 0.821. The lowest BCUT2D eigenvalue weighted by molar-refractivity contribution is -0.160. The highest BCUT2D eigenvalue weighted by Gasteiger charge is 2.30. The molecule has 3 nitrogen and oxygen atoms in total. The van der Waals surface area contributed by atoms with Crippen molar-refractivity contribution in [3.8, 4) is 0 Å². The van der Waals surface area contributed by atoms with Gasteiger partial charge in [0.05, 0.1) is 0 Å². The van der Waals surface area contributed by atoms with E-state index < -0.39 is 18.9 Å². The summed E-state index contributed by atoms with van der Waals surface area (Å²) in [6, 6.07) is 0. The molecule has 6 heteroatoms. The van der Waals surface area contributed by atoms with Crippen molar-refractivity contribution < 1.29 is 22.7 Å². The van der Waals surface area contributed by atoms with Crippen molar-refractivity contribution in [1.29, 1.82) is 0 Å². The zero-order chi connectivity index (χ0) is 13.0. The van der Waals surface area contributed by atoms with E-state index in [0.717, 1.165) is 0 Å². The third kappa shape index (κ3) is 6.53. The largest absolute Gasteiger partial charge is 0.440 e. The van der Waals surface area contributed by atoms with Gasteiger partial charge < -0.3 is 10.1 Å². The number of hydrogen-bond donors (Lipinski definition) is 1. The first kappa shape index (κ1) is 15.1. The molecule has 0 radical (unpaired) electrons. The zero-order valence-electron chi connectivity index (χ0n) is 9.94. The Morgan fingerprint density at radius 2 is 1.81 bits per heavy atom. The van der Waals surface area contributed by atoms with Crippen LogP contribution in [0.1, 0.15) is 27.7 Å². The number of amides is 1. The van der Waals surface area contributed by atoms with Crippen LogP contribution in [-0.2, 0) is 4.74 Å². The lowest BCUT2D eigenvalue weighted by Crippen LogP contribution is -2.38. The van der Waals surface area contributed by atoms with E-state index in [1.807, 2.05) is 27.7 Å². The van der Waals surface area contributed by atoms with Gasteiger partial charge in [-0.05, 0) is 11.3 Å². The van der Waals surface area contributed by atoms with Crippen LogP contribution in [0.4, 0.5) is 18.0 Å². The number of alkyl carbamates (subject to hydrolysis) is 1. The highest BCUT2D eigenvalue weighted by atomic mass is 19.4. The first-order valence-corrected chi connectivity index (χ1v) is 5.02. The molecule has 0 rings (SSSR count). The normalized spacial score (nSPS) is 12.8. The molecule has 96 valence electrons. The second-order valence-corrected chi connectivity index (χ2v) is 4.69. The van der Waals surface area contributed by atoms with Gasteiger partial charge in [-0.25, -0.2) is 4.79 Å². The van der Waals surface area contributed by atoms with Crippen molar-refractivity contribution in [3.63, 3.8) is 0 Å².